The van der Waals surface area contributed by atoms with Crippen LogP contribution in [-0.4, -0.2) is 27.7 Å². The molecule has 0 unspecified atom stereocenters. The number of carbonyl (C=O) groups excluding carboxylic acids is 1. The van der Waals surface area contributed by atoms with E-state index in [1.807, 2.05) is 55.5 Å². The van der Waals surface area contributed by atoms with Crippen LogP contribution in [0, 0.1) is 12.7 Å². The fourth-order valence-corrected chi connectivity index (χ4v) is 4.16. The van der Waals surface area contributed by atoms with Crippen LogP contribution in [0.5, 0.6) is 0 Å². The molecule has 0 saturated heterocycles. The van der Waals surface area contributed by atoms with E-state index in [0.29, 0.717) is 17.6 Å². The SMILES string of the molecule is Cc1ccc(-c2nnc(-n3ccc(N(C)C(=O)c4ccc(F)cc4C(F)(F)F)c3)c3ccccc23)cc1. The Morgan fingerprint density at radius 2 is 1.62 bits per heavy atom. The van der Waals surface area contributed by atoms with Gasteiger partial charge in [-0.05, 0) is 31.2 Å². The number of benzene rings is 3. The van der Waals surface area contributed by atoms with Crippen LogP contribution < -0.4 is 4.90 Å². The highest BCUT2D eigenvalue weighted by Gasteiger charge is 2.36. The van der Waals surface area contributed by atoms with Gasteiger partial charge in [0.1, 0.15) is 11.5 Å². The van der Waals surface area contributed by atoms with Crippen LogP contribution in [0.25, 0.3) is 27.8 Å². The predicted molar refractivity (Wildman–Crippen MR) is 133 cm³/mol. The summed E-state index contributed by atoms with van der Waals surface area (Å²) in [5, 5.41) is 10.6. The molecule has 37 heavy (non-hydrogen) atoms. The standard InChI is InChI=1S/C28H20F4N4O/c1-17-7-9-18(10-8-17)25-21-5-3-4-6-22(21)26(34-33-25)36-14-13-20(16-36)35(2)27(37)23-12-11-19(29)15-24(23)28(30,31)32/h3-16H,1-2H3. The van der Waals surface area contributed by atoms with Gasteiger partial charge < -0.3 is 9.47 Å². The molecule has 0 bridgehead atoms. The number of rotatable bonds is 4. The molecule has 3 aromatic carbocycles. The van der Waals surface area contributed by atoms with Gasteiger partial charge >= 0.3 is 6.18 Å². The lowest BCUT2D eigenvalue weighted by atomic mass is 10.0. The number of amides is 1. The zero-order valence-electron chi connectivity index (χ0n) is 19.8. The average Bonchev–Trinajstić information content (AvgIpc) is 3.37. The Morgan fingerprint density at radius 3 is 2.32 bits per heavy atom. The smallest absolute Gasteiger partial charge is 0.310 e. The van der Waals surface area contributed by atoms with Gasteiger partial charge in [0.25, 0.3) is 5.91 Å². The summed E-state index contributed by atoms with van der Waals surface area (Å²) in [6.45, 7) is 2.00. The van der Waals surface area contributed by atoms with E-state index in [1.54, 1.807) is 23.0 Å². The molecule has 5 nitrogen and oxygen atoms in total. The molecule has 0 aliphatic heterocycles. The highest BCUT2D eigenvalue weighted by molar-refractivity contribution is 6.07. The second-order valence-electron chi connectivity index (χ2n) is 8.61. The number of halogens is 4. The van der Waals surface area contributed by atoms with Crippen molar-refractivity contribution < 1.29 is 22.4 Å². The first kappa shape index (κ1) is 24.2. The maximum atomic E-state index is 13.5. The highest BCUT2D eigenvalue weighted by atomic mass is 19.4. The third kappa shape index (κ3) is 4.55. The number of alkyl halides is 3. The number of hydrogen-bond donors (Lipinski definition) is 0. The van der Waals surface area contributed by atoms with E-state index >= 15 is 0 Å². The Kier molecular flexibility index (Phi) is 5.99. The normalized spacial score (nSPS) is 11.6. The molecular weight excluding hydrogens is 484 g/mol. The summed E-state index contributed by atoms with van der Waals surface area (Å²) >= 11 is 0. The summed E-state index contributed by atoms with van der Waals surface area (Å²) in [5.74, 6) is -1.50. The number of aromatic nitrogens is 3. The first-order valence-corrected chi connectivity index (χ1v) is 11.3. The number of hydrogen-bond acceptors (Lipinski definition) is 3. The van der Waals surface area contributed by atoms with Crippen molar-refractivity contribution in [3.63, 3.8) is 0 Å². The average molecular weight is 504 g/mol. The molecule has 186 valence electrons. The maximum absolute atomic E-state index is 13.5. The van der Waals surface area contributed by atoms with Crippen molar-refractivity contribution in [2.24, 2.45) is 0 Å². The van der Waals surface area contributed by atoms with Gasteiger partial charge in [-0.15, -0.1) is 10.2 Å². The molecule has 2 heterocycles. The number of fused-ring (bicyclic) bond motifs is 1. The molecule has 0 saturated carbocycles. The molecule has 0 fully saturated rings. The number of carbonyl (C=O) groups is 1. The van der Waals surface area contributed by atoms with Gasteiger partial charge in [-0.2, -0.15) is 13.2 Å². The number of anilines is 1. The van der Waals surface area contributed by atoms with Crippen LogP contribution in [-0.2, 0) is 6.18 Å². The van der Waals surface area contributed by atoms with Gasteiger partial charge in [-0.1, -0.05) is 54.1 Å². The zero-order valence-corrected chi connectivity index (χ0v) is 19.8. The van der Waals surface area contributed by atoms with Crippen molar-refractivity contribution in [3.05, 3.63) is 108 Å². The summed E-state index contributed by atoms with van der Waals surface area (Å²) in [4.78, 5) is 14.1. The quantitative estimate of drug-likeness (QED) is 0.252. The zero-order chi connectivity index (χ0) is 26.3. The molecule has 5 rings (SSSR count). The summed E-state index contributed by atoms with van der Waals surface area (Å²) in [5.41, 5.74) is 1.12. The molecule has 0 aliphatic carbocycles. The lowest BCUT2D eigenvalue weighted by Crippen LogP contribution is -2.28. The first-order chi connectivity index (χ1) is 17.6. The van der Waals surface area contributed by atoms with Gasteiger partial charge in [0.15, 0.2) is 5.82 Å². The van der Waals surface area contributed by atoms with Crippen LogP contribution in [0.2, 0.25) is 0 Å². The Hall–Kier alpha value is -4.53. The van der Waals surface area contributed by atoms with Crippen LogP contribution in [0.4, 0.5) is 23.2 Å². The molecule has 0 spiro atoms. The molecule has 1 amide bonds. The van der Waals surface area contributed by atoms with Crippen molar-refractivity contribution in [3.8, 4) is 17.1 Å². The van der Waals surface area contributed by atoms with E-state index in [-0.39, 0.29) is 0 Å². The lowest BCUT2D eigenvalue weighted by Gasteiger charge is -2.19. The van der Waals surface area contributed by atoms with Gasteiger partial charge in [0.05, 0.1) is 16.8 Å². The summed E-state index contributed by atoms with van der Waals surface area (Å²) in [6.07, 6.45) is -1.65. The van der Waals surface area contributed by atoms with Crippen molar-refractivity contribution in [2.75, 3.05) is 11.9 Å². The Balaban J connectivity index is 1.52. The fraction of sp³-hybridized carbons (Fsp3) is 0.107. The molecular formula is C28H20F4N4O. The summed E-state index contributed by atoms with van der Waals surface area (Å²) in [7, 11) is 1.36. The molecule has 0 aliphatic rings. The van der Waals surface area contributed by atoms with E-state index in [4.69, 9.17) is 0 Å². The lowest BCUT2D eigenvalue weighted by molar-refractivity contribution is -0.138. The van der Waals surface area contributed by atoms with E-state index in [2.05, 4.69) is 10.2 Å². The van der Waals surface area contributed by atoms with Crippen molar-refractivity contribution in [1.82, 2.24) is 14.8 Å². The topological polar surface area (TPSA) is 51.0 Å². The number of aryl methyl sites for hydroxylation is 1. The van der Waals surface area contributed by atoms with Gasteiger partial charge in [-0.3, -0.25) is 4.79 Å². The summed E-state index contributed by atoms with van der Waals surface area (Å²) < 4.78 is 55.5. The van der Waals surface area contributed by atoms with Crippen molar-refractivity contribution in [1.29, 1.82) is 0 Å². The van der Waals surface area contributed by atoms with Crippen molar-refractivity contribution in [2.45, 2.75) is 13.1 Å². The summed E-state index contributed by atoms with van der Waals surface area (Å²) in [6, 6.07) is 19.1. The minimum Gasteiger partial charge on any atom is -0.310 e. The van der Waals surface area contributed by atoms with E-state index in [9.17, 15) is 22.4 Å². The molecule has 0 radical (unpaired) electrons. The Bertz CT molecular complexity index is 1620. The Labute approximate surface area is 209 Å². The van der Waals surface area contributed by atoms with E-state index < -0.39 is 29.0 Å². The minimum atomic E-state index is -4.88. The molecule has 0 N–H and O–H groups in total. The first-order valence-electron chi connectivity index (χ1n) is 11.3. The second kappa shape index (κ2) is 9.16. The van der Waals surface area contributed by atoms with E-state index in [0.717, 1.165) is 44.6 Å². The third-order valence-corrected chi connectivity index (χ3v) is 6.12. The van der Waals surface area contributed by atoms with Crippen molar-refractivity contribution >= 4 is 22.4 Å². The van der Waals surface area contributed by atoms with Crippen LogP contribution >= 0.6 is 0 Å². The monoisotopic (exact) mass is 504 g/mol. The van der Waals surface area contributed by atoms with Crippen LogP contribution in [0.1, 0.15) is 21.5 Å². The fourth-order valence-electron chi connectivity index (χ4n) is 4.16. The largest absolute Gasteiger partial charge is 0.417 e. The van der Waals surface area contributed by atoms with Gasteiger partial charge in [-0.25, -0.2) is 4.39 Å². The molecule has 2 aromatic heterocycles. The molecule has 0 atom stereocenters. The maximum Gasteiger partial charge on any atom is 0.417 e. The number of nitrogens with zero attached hydrogens (tertiary/aromatic N) is 4. The molecule has 5 aromatic rings. The third-order valence-electron chi connectivity index (χ3n) is 6.12. The van der Waals surface area contributed by atoms with Gasteiger partial charge in [0.2, 0.25) is 0 Å². The second-order valence-corrected chi connectivity index (χ2v) is 8.61. The molecule has 9 heteroatoms. The highest BCUT2D eigenvalue weighted by Crippen LogP contribution is 2.34. The van der Waals surface area contributed by atoms with Crippen LogP contribution in [0.3, 0.4) is 0 Å². The minimum absolute atomic E-state index is 0.323. The Morgan fingerprint density at radius 1 is 0.919 bits per heavy atom. The van der Waals surface area contributed by atoms with Gasteiger partial charge in [0, 0.05) is 35.8 Å². The predicted octanol–water partition coefficient (Wildman–Crippen LogP) is 6.83. The van der Waals surface area contributed by atoms with Crippen LogP contribution in [0.15, 0.2) is 85.2 Å². The van der Waals surface area contributed by atoms with E-state index in [1.165, 1.54) is 7.05 Å².